The first kappa shape index (κ1) is 14.6. The summed E-state index contributed by atoms with van der Waals surface area (Å²) in [4.78, 5) is 17.2. The van der Waals surface area contributed by atoms with Crippen LogP contribution < -0.4 is 0 Å². The van der Waals surface area contributed by atoms with Gasteiger partial charge in [-0.25, -0.2) is 29.0 Å². The van der Waals surface area contributed by atoms with Crippen LogP contribution in [-0.2, 0) is 6.54 Å². The van der Waals surface area contributed by atoms with Crippen LogP contribution in [0.2, 0.25) is 0 Å². The first-order valence-corrected chi connectivity index (χ1v) is 8.05. The lowest BCUT2D eigenvalue weighted by atomic mass is 10.2. The molecule has 0 fully saturated rings. The molecule has 4 aromatic rings. The van der Waals surface area contributed by atoms with Crippen molar-refractivity contribution in [3.05, 3.63) is 65.7 Å². The molecule has 6 nitrogen and oxygen atoms in total. The van der Waals surface area contributed by atoms with E-state index in [4.69, 9.17) is 0 Å². The van der Waals surface area contributed by atoms with Gasteiger partial charge in [-0.1, -0.05) is 18.2 Å². The third-order valence-electron chi connectivity index (χ3n) is 3.34. The quantitative estimate of drug-likeness (QED) is 0.572. The van der Waals surface area contributed by atoms with Crippen LogP contribution in [0.5, 0.6) is 0 Å². The average Bonchev–Trinajstić information content (AvgIpc) is 3.27. The molecule has 0 spiro atoms. The number of rotatable bonds is 4. The standard InChI is InChI=1S/C16H11FN6S/c17-12-5-2-1-4-11(12)10-23-15(13-18-6-3-7-19-13)21-14(22-23)16-20-8-9-24-16/h1-9H,10H2. The smallest absolute Gasteiger partial charge is 0.210 e. The van der Waals surface area contributed by atoms with Gasteiger partial charge in [0.25, 0.3) is 0 Å². The van der Waals surface area contributed by atoms with Gasteiger partial charge in [-0.3, -0.25) is 0 Å². The molecule has 3 aromatic heterocycles. The molecule has 4 rings (SSSR count). The molecule has 1 aromatic carbocycles. The first-order chi connectivity index (χ1) is 11.8. The van der Waals surface area contributed by atoms with Gasteiger partial charge in [-0.2, -0.15) is 0 Å². The highest BCUT2D eigenvalue weighted by Crippen LogP contribution is 2.22. The van der Waals surface area contributed by atoms with Crippen molar-refractivity contribution in [2.75, 3.05) is 0 Å². The maximum Gasteiger partial charge on any atom is 0.210 e. The number of benzene rings is 1. The normalized spacial score (nSPS) is 10.9. The molecule has 0 unspecified atom stereocenters. The monoisotopic (exact) mass is 338 g/mol. The Morgan fingerprint density at radius 1 is 0.958 bits per heavy atom. The SMILES string of the molecule is Fc1ccccc1Cn1nc(-c2nccs2)nc1-c1ncccn1. The number of hydrogen-bond acceptors (Lipinski definition) is 6. The maximum atomic E-state index is 14.0. The van der Waals surface area contributed by atoms with Crippen LogP contribution in [0.1, 0.15) is 5.56 Å². The number of aromatic nitrogens is 6. The summed E-state index contributed by atoms with van der Waals surface area (Å²) < 4.78 is 15.6. The van der Waals surface area contributed by atoms with Crippen LogP contribution >= 0.6 is 11.3 Å². The van der Waals surface area contributed by atoms with E-state index in [2.05, 4.69) is 25.0 Å². The summed E-state index contributed by atoms with van der Waals surface area (Å²) in [6.07, 6.45) is 4.96. The van der Waals surface area contributed by atoms with Crippen molar-refractivity contribution in [1.82, 2.24) is 29.7 Å². The molecule has 0 atom stereocenters. The van der Waals surface area contributed by atoms with Crippen molar-refractivity contribution < 1.29 is 4.39 Å². The highest BCUT2D eigenvalue weighted by atomic mass is 32.1. The van der Waals surface area contributed by atoms with Gasteiger partial charge in [0.05, 0.1) is 6.54 Å². The molecule has 0 saturated carbocycles. The van der Waals surface area contributed by atoms with E-state index in [0.717, 1.165) is 0 Å². The number of hydrogen-bond donors (Lipinski definition) is 0. The van der Waals surface area contributed by atoms with E-state index in [-0.39, 0.29) is 12.4 Å². The highest BCUT2D eigenvalue weighted by molar-refractivity contribution is 7.13. The highest BCUT2D eigenvalue weighted by Gasteiger charge is 2.17. The Labute approximate surface area is 140 Å². The molecule has 24 heavy (non-hydrogen) atoms. The van der Waals surface area contributed by atoms with E-state index in [1.165, 1.54) is 17.4 Å². The predicted octanol–water partition coefficient (Wildman–Crippen LogP) is 3.05. The molecule has 0 radical (unpaired) electrons. The maximum absolute atomic E-state index is 14.0. The van der Waals surface area contributed by atoms with Crippen LogP contribution in [0.4, 0.5) is 4.39 Å². The molecule has 0 N–H and O–H groups in total. The minimum Gasteiger partial charge on any atom is -0.241 e. The molecule has 8 heteroatoms. The molecular formula is C16H11FN6S. The molecule has 0 saturated heterocycles. The summed E-state index contributed by atoms with van der Waals surface area (Å²) >= 11 is 1.44. The zero-order valence-corrected chi connectivity index (χ0v) is 13.2. The Balaban J connectivity index is 1.81. The van der Waals surface area contributed by atoms with Crippen molar-refractivity contribution in [3.8, 4) is 22.5 Å². The number of thiazole rings is 1. The van der Waals surface area contributed by atoms with E-state index >= 15 is 0 Å². The third kappa shape index (κ3) is 2.79. The largest absolute Gasteiger partial charge is 0.241 e. The van der Waals surface area contributed by atoms with Crippen LogP contribution in [0, 0.1) is 5.82 Å². The summed E-state index contributed by atoms with van der Waals surface area (Å²) in [5.41, 5.74) is 0.519. The van der Waals surface area contributed by atoms with E-state index < -0.39 is 0 Å². The Hall–Kier alpha value is -3.00. The van der Waals surface area contributed by atoms with E-state index in [1.807, 2.05) is 5.38 Å². The summed E-state index contributed by atoms with van der Waals surface area (Å²) in [5.74, 6) is 1.10. The van der Waals surface area contributed by atoms with Crippen LogP contribution in [0.15, 0.2) is 54.3 Å². The lowest BCUT2D eigenvalue weighted by Gasteiger charge is -2.05. The van der Waals surface area contributed by atoms with Crippen LogP contribution in [-0.4, -0.2) is 29.7 Å². The zero-order valence-electron chi connectivity index (χ0n) is 12.4. The van der Waals surface area contributed by atoms with Gasteiger partial charge in [0.2, 0.25) is 5.82 Å². The Morgan fingerprint density at radius 3 is 2.54 bits per heavy atom. The van der Waals surface area contributed by atoms with Gasteiger partial charge >= 0.3 is 0 Å². The predicted molar refractivity (Wildman–Crippen MR) is 87.7 cm³/mol. The van der Waals surface area contributed by atoms with E-state index in [1.54, 1.807) is 47.5 Å². The van der Waals surface area contributed by atoms with Gasteiger partial charge in [0.1, 0.15) is 5.82 Å². The van der Waals surface area contributed by atoms with Crippen molar-refractivity contribution in [2.45, 2.75) is 6.54 Å². The molecule has 0 aliphatic heterocycles. The van der Waals surface area contributed by atoms with Gasteiger partial charge in [-0.15, -0.1) is 16.4 Å². The van der Waals surface area contributed by atoms with Gasteiger partial charge in [0.15, 0.2) is 16.7 Å². The molecule has 0 aliphatic rings. The van der Waals surface area contributed by atoms with Crippen molar-refractivity contribution >= 4 is 11.3 Å². The molecule has 118 valence electrons. The minimum absolute atomic E-state index is 0.235. The molecule has 0 bridgehead atoms. The second-order valence-electron chi connectivity index (χ2n) is 4.92. The van der Waals surface area contributed by atoms with Crippen molar-refractivity contribution in [2.24, 2.45) is 0 Å². The van der Waals surface area contributed by atoms with Crippen molar-refractivity contribution in [3.63, 3.8) is 0 Å². The lowest BCUT2D eigenvalue weighted by molar-refractivity contribution is 0.586. The third-order valence-corrected chi connectivity index (χ3v) is 4.11. The molecular weight excluding hydrogens is 327 g/mol. The summed E-state index contributed by atoms with van der Waals surface area (Å²) in [7, 11) is 0. The topological polar surface area (TPSA) is 69.4 Å². The first-order valence-electron chi connectivity index (χ1n) is 7.17. The Bertz CT molecular complexity index is 952. The van der Waals surface area contributed by atoms with Crippen LogP contribution in [0.25, 0.3) is 22.5 Å². The van der Waals surface area contributed by atoms with Crippen LogP contribution in [0.3, 0.4) is 0 Å². The summed E-state index contributed by atoms with van der Waals surface area (Å²) in [6, 6.07) is 8.31. The summed E-state index contributed by atoms with van der Waals surface area (Å²) in [5, 5.41) is 7.02. The fourth-order valence-corrected chi connectivity index (χ4v) is 2.81. The number of halogens is 1. The Kier molecular flexibility index (Phi) is 3.80. The lowest BCUT2D eigenvalue weighted by Crippen LogP contribution is -2.07. The van der Waals surface area contributed by atoms with E-state index in [0.29, 0.717) is 28.0 Å². The zero-order chi connectivity index (χ0) is 16.4. The second kappa shape index (κ2) is 6.25. The van der Waals surface area contributed by atoms with Gasteiger partial charge in [-0.05, 0) is 12.1 Å². The average molecular weight is 338 g/mol. The molecule has 3 heterocycles. The fourth-order valence-electron chi connectivity index (χ4n) is 2.24. The molecule has 0 aliphatic carbocycles. The minimum atomic E-state index is -0.288. The molecule has 0 amide bonds. The van der Waals surface area contributed by atoms with E-state index in [9.17, 15) is 4.39 Å². The number of nitrogens with zero attached hydrogens (tertiary/aromatic N) is 6. The van der Waals surface area contributed by atoms with Gasteiger partial charge in [0, 0.05) is 29.5 Å². The fraction of sp³-hybridized carbons (Fsp3) is 0.0625. The summed E-state index contributed by atoms with van der Waals surface area (Å²) in [6.45, 7) is 0.235. The second-order valence-corrected chi connectivity index (χ2v) is 5.81. The van der Waals surface area contributed by atoms with Crippen molar-refractivity contribution in [1.29, 1.82) is 0 Å². The van der Waals surface area contributed by atoms with Gasteiger partial charge < -0.3 is 0 Å². The Morgan fingerprint density at radius 2 is 1.79 bits per heavy atom.